The molecule has 0 saturated carbocycles. The van der Waals surface area contributed by atoms with Crippen molar-refractivity contribution in [3.8, 4) is 0 Å². The zero-order valence-corrected chi connectivity index (χ0v) is 14.8. The van der Waals surface area contributed by atoms with E-state index in [1.165, 1.54) is 6.20 Å². The highest BCUT2D eigenvalue weighted by Gasteiger charge is 2.29. The van der Waals surface area contributed by atoms with Gasteiger partial charge in [-0.15, -0.1) is 0 Å². The van der Waals surface area contributed by atoms with Gasteiger partial charge >= 0.3 is 0 Å². The van der Waals surface area contributed by atoms with Gasteiger partial charge in [0.05, 0.1) is 5.71 Å². The highest BCUT2D eigenvalue weighted by molar-refractivity contribution is 6.09. The maximum atomic E-state index is 12.4. The Labute approximate surface area is 161 Å². The molecule has 2 aromatic heterocycles. The molecule has 138 valence electrons. The first-order valence-corrected chi connectivity index (χ1v) is 8.69. The quantitative estimate of drug-likeness (QED) is 0.695. The number of oxime groups is 1. The van der Waals surface area contributed by atoms with Crippen LogP contribution in [0.1, 0.15) is 27.9 Å². The fourth-order valence-corrected chi connectivity index (χ4v) is 2.81. The van der Waals surface area contributed by atoms with Crippen molar-refractivity contribution in [1.82, 2.24) is 9.97 Å². The number of anilines is 1. The molecule has 3 aromatic rings. The van der Waals surface area contributed by atoms with Gasteiger partial charge < -0.3 is 10.2 Å². The molecule has 0 spiro atoms. The Morgan fingerprint density at radius 1 is 0.929 bits per heavy atom. The minimum atomic E-state index is -0.702. The van der Waals surface area contributed by atoms with E-state index >= 15 is 0 Å². The fourth-order valence-electron chi connectivity index (χ4n) is 2.81. The van der Waals surface area contributed by atoms with Crippen molar-refractivity contribution < 1.29 is 14.4 Å². The number of benzene rings is 1. The third-order valence-corrected chi connectivity index (χ3v) is 4.29. The van der Waals surface area contributed by atoms with Gasteiger partial charge in [-0.2, -0.15) is 0 Å². The summed E-state index contributed by atoms with van der Waals surface area (Å²) >= 11 is 0. The molecule has 4 rings (SSSR count). The molecule has 1 unspecified atom stereocenters. The Balaban J connectivity index is 1.37. The number of nitrogens with zero attached hydrogens (tertiary/aromatic N) is 3. The monoisotopic (exact) mass is 372 g/mol. The second-order valence-electron chi connectivity index (χ2n) is 6.22. The molecule has 3 heterocycles. The summed E-state index contributed by atoms with van der Waals surface area (Å²) in [4.78, 5) is 38.1. The summed E-state index contributed by atoms with van der Waals surface area (Å²) < 4.78 is 0. The minimum absolute atomic E-state index is 0.125. The Morgan fingerprint density at radius 2 is 1.68 bits per heavy atom. The minimum Gasteiger partial charge on any atom is -0.382 e. The van der Waals surface area contributed by atoms with E-state index in [2.05, 4.69) is 20.4 Å². The van der Waals surface area contributed by atoms with Gasteiger partial charge in [0.2, 0.25) is 6.10 Å². The van der Waals surface area contributed by atoms with E-state index in [9.17, 15) is 9.59 Å². The molecule has 1 aliphatic rings. The lowest BCUT2D eigenvalue weighted by Gasteiger charge is -2.10. The lowest BCUT2D eigenvalue weighted by Crippen LogP contribution is -2.28. The number of aromatic nitrogens is 2. The topological polar surface area (TPSA) is 93.5 Å². The molecular weight excluding hydrogens is 356 g/mol. The predicted octanol–water partition coefficient (Wildman–Crippen LogP) is 2.84. The predicted molar refractivity (Wildman–Crippen MR) is 103 cm³/mol. The summed E-state index contributed by atoms with van der Waals surface area (Å²) in [6.07, 6.45) is 6.16. The average molecular weight is 372 g/mol. The van der Waals surface area contributed by atoms with Gasteiger partial charge in [-0.25, -0.2) is 0 Å². The van der Waals surface area contributed by atoms with Gasteiger partial charge in [0.25, 0.3) is 5.91 Å². The molecule has 1 aliphatic heterocycles. The Kier molecular flexibility index (Phi) is 4.88. The first-order valence-electron chi connectivity index (χ1n) is 8.69. The molecule has 7 nitrogen and oxygen atoms in total. The van der Waals surface area contributed by atoms with Crippen LogP contribution in [0.15, 0.2) is 78.5 Å². The zero-order valence-electron chi connectivity index (χ0n) is 14.8. The van der Waals surface area contributed by atoms with Crippen LogP contribution in [-0.2, 0) is 9.63 Å². The Hall–Kier alpha value is -3.87. The van der Waals surface area contributed by atoms with E-state index in [0.29, 0.717) is 28.9 Å². The lowest BCUT2D eigenvalue weighted by atomic mass is 10.0. The van der Waals surface area contributed by atoms with Crippen LogP contribution in [0.25, 0.3) is 0 Å². The van der Waals surface area contributed by atoms with Crippen molar-refractivity contribution in [2.45, 2.75) is 12.5 Å². The van der Waals surface area contributed by atoms with Crippen LogP contribution in [0.3, 0.4) is 0 Å². The van der Waals surface area contributed by atoms with Crippen molar-refractivity contribution in [2.75, 3.05) is 5.32 Å². The Bertz CT molecular complexity index is 1020. The molecule has 1 aromatic carbocycles. The van der Waals surface area contributed by atoms with Crippen LogP contribution < -0.4 is 5.32 Å². The van der Waals surface area contributed by atoms with Crippen LogP contribution in [0.5, 0.6) is 0 Å². The molecular formula is C21H16N4O3. The van der Waals surface area contributed by atoms with Crippen molar-refractivity contribution in [1.29, 1.82) is 0 Å². The summed E-state index contributed by atoms with van der Waals surface area (Å²) in [6.45, 7) is 0. The number of carbonyl (C=O) groups is 2. The second-order valence-corrected chi connectivity index (χ2v) is 6.22. The van der Waals surface area contributed by atoms with Crippen LogP contribution >= 0.6 is 0 Å². The molecule has 0 fully saturated rings. The molecule has 0 aliphatic carbocycles. The molecule has 1 atom stereocenters. The van der Waals surface area contributed by atoms with E-state index in [1.807, 2.05) is 6.07 Å². The number of carbonyl (C=O) groups excluding carboxylic acids is 2. The zero-order chi connectivity index (χ0) is 19.3. The van der Waals surface area contributed by atoms with Crippen molar-refractivity contribution in [3.05, 3.63) is 90.0 Å². The van der Waals surface area contributed by atoms with Gasteiger partial charge in [0, 0.05) is 53.6 Å². The standard InChI is InChI=1S/C21H16N4O3/c26-20(16-4-2-10-23-13-16)14-5-7-17(8-6-14)24-21(27)19-11-18(25-28-19)15-3-1-9-22-12-15/h1-10,12-13,19H,11H2,(H,24,27). The molecule has 0 saturated heterocycles. The number of hydrogen-bond donors (Lipinski definition) is 1. The van der Waals surface area contributed by atoms with Gasteiger partial charge in [0.1, 0.15) is 0 Å². The van der Waals surface area contributed by atoms with E-state index in [4.69, 9.17) is 4.84 Å². The van der Waals surface area contributed by atoms with Crippen molar-refractivity contribution in [2.24, 2.45) is 5.16 Å². The van der Waals surface area contributed by atoms with E-state index in [0.717, 1.165) is 5.56 Å². The summed E-state index contributed by atoms with van der Waals surface area (Å²) in [5.74, 6) is -0.423. The first kappa shape index (κ1) is 17.5. The smallest absolute Gasteiger partial charge is 0.268 e. The van der Waals surface area contributed by atoms with Crippen LogP contribution in [0.4, 0.5) is 5.69 Å². The SMILES string of the molecule is O=C(c1ccc(NC(=O)C2CC(c3cccnc3)=NO2)cc1)c1cccnc1. The third-order valence-electron chi connectivity index (χ3n) is 4.29. The largest absolute Gasteiger partial charge is 0.382 e. The normalized spacial score (nSPS) is 15.4. The van der Waals surface area contributed by atoms with Crippen molar-refractivity contribution >= 4 is 23.1 Å². The number of nitrogens with one attached hydrogen (secondary N) is 1. The van der Waals surface area contributed by atoms with Crippen LogP contribution in [0, 0.1) is 0 Å². The molecule has 28 heavy (non-hydrogen) atoms. The number of rotatable bonds is 5. The van der Waals surface area contributed by atoms with Crippen LogP contribution in [0.2, 0.25) is 0 Å². The summed E-state index contributed by atoms with van der Waals surface area (Å²) in [5, 5.41) is 6.77. The van der Waals surface area contributed by atoms with Crippen molar-refractivity contribution in [3.63, 3.8) is 0 Å². The number of pyridine rings is 2. The summed E-state index contributed by atoms with van der Waals surface area (Å²) in [7, 11) is 0. The number of amides is 1. The maximum absolute atomic E-state index is 12.4. The van der Waals surface area contributed by atoms with E-state index < -0.39 is 6.10 Å². The fraction of sp³-hybridized carbons (Fsp3) is 0.0952. The lowest BCUT2D eigenvalue weighted by molar-refractivity contribution is -0.125. The van der Waals surface area contributed by atoms with Gasteiger partial charge in [0.15, 0.2) is 5.78 Å². The number of hydrogen-bond acceptors (Lipinski definition) is 6. The highest BCUT2D eigenvalue weighted by Crippen LogP contribution is 2.19. The van der Waals surface area contributed by atoms with Gasteiger partial charge in [-0.3, -0.25) is 19.6 Å². The number of ketones is 1. The third kappa shape index (κ3) is 3.78. The van der Waals surface area contributed by atoms with Gasteiger partial charge in [-0.1, -0.05) is 5.16 Å². The maximum Gasteiger partial charge on any atom is 0.268 e. The second kappa shape index (κ2) is 7.79. The molecule has 7 heteroatoms. The molecule has 0 radical (unpaired) electrons. The average Bonchev–Trinajstić information content (AvgIpc) is 3.26. The van der Waals surface area contributed by atoms with Crippen LogP contribution in [-0.4, -0.2) is 33.5 Å². The van der Waals surface area contributed by atoms with E-state index in [1.54, 1.807) is 61.1 Å². The molecule has 1 N–H and O–H groups in total. The summed E-state index contributed by atoms with van der Waals surface area (Å²) in [6, 6.07) is 13.8. The van der Waals surface area contributed by atoms with Gasteiger partial charge in [-0.05, 0) is 48.5 Å². The molecule has 0 bridgehead atoms. The first-order chi connectivity index (χ1) is 13.7. The Morgan fingerprint density at radius 3 is 2.36 bits per heavy atom. The van der Waals surface area contributed by atoms with E-state index in [-0.39, 0.29) is 11.7 Å². The highest BCUT2D eigenvalue weighted by atomic mass is 16.6. The summed E-state index contributed by atoms with van der Waals surface area (Å²) in [5.41, 5.74) is 3.12. The molecule has 1 amide bonds.